The molecule has 6 heteroatoms. The second kappa shape index (κ2) is 9.64. The van der Waals surface area contributed by atoms with Crippen LogP contribution in [-0.2, 0) is 6.54 Å². The highest BCUT2D eigenvalue weighted by Gasteiger charge is 2.04. The largest absolute Gasteiger partial charge is 0.352 e. The molecule has 0 aliphatic heterocycles. The number of benzene rings is 1. The number of carbonyl (C=O) groups excluding carboxylic acids is 1. The Labute approximate surface area is 159 Å². The molecule has 0 aliphatic rings. The molecule has 3 aromatic rings. The van der Waals surface area contributed by atoms with Gasteiger partial charge in [-0.25, -0.2) is 9.67 Å². The van der Waals surface area contributed by atoms with Crippen LogP contribution in [0.2, 0.25) is 0 Å². The van der Waals surface area contributed by atoms with Crippen LogP contribution in [0.3, 0.4) is 0 Å². The average Bonchev–Trinajstić information content (AvgIpc) is 3.22. The van der Waals surface area contributed by atoms with Gasteiger partial charge in [-0.05, 0) is 56.6 Å². The number of carbonyl (C=O) groups is 1. The summed E-state index contributed by atoms with van der Waals surface area (Å²) < 4.78 is 1.75. The molecular weight excluding hydrogens is 338 g/mol. The van der Waals surface area contributed by atoms with E-state index in [0.717, 1.165) is 42.0 Å². The molecule has 2 heterocycles. The van der Waals surface area contributed by atoms with Crippen LogP contribution in [0, 0.1) is 6.92 Å². The van der Waals surface area contributed by atoms with Gasteiger partial charge in [-0.3, -0.25) is 4.79 Å². The number of aryl methyl sites for hydroxylation is 1. The van der Waals surface area contributed by atoms with Gasteiger partial charge in [-0.1, -0.05) is 23.8 Å². The number of hydrogen-bond acceptors (Lipinski definition) is 4. The van der Waals surface area contributed by atoms with Crippen molar-refractivity contribution in [1.82, 2.24) is 25.4 Å². The Balaban J connectivity index is 1.32. The minimum atomic E-state index is -0.00806. The highest BCUT2D eigenvalue weighted by atomic mass is 16.1. The Kier molecular flexibility index (Phi) is 6.71. The van der Waals surface area contributed by atoms with Crippen LogP contribution in [0.15, 0.2) is 60.9 Å². The third-order valence-electron chi connectivity index (χ3n) is 4.18. The average molecular weight is 363 g/mol. The number of rotatable bonds is 9. The molecule has 0 bridgehead atoms. The van der Waals surface area contributed by atoms with Crippen molar-refractivity contribution in [3.8, 4) is 5.82 Å². The fourth-order valence-electron chi connectivity index (χ4n) is 2.78. The summed E-state index contributed by atoms with van der Waals surface area (Å²) in [5.41, 5.74) is 2.80. The first-order valence-corrected chi connectivity index (χ1v) is 9.24. The Morgan fingerprint density at radius 3 is 2.74 bits per heavy atom. The molecule has 0 saturated heterocycles. The van der Waals surface area contributed by atoms with Gasteiger partial charge in [0.1, 0.15) is 0 Å². The fraction of sp³-hybridized carbons (Fsp3) is 0.286. The molecule has 140 valence electrons. The predicted octanol–water partition coefficient (Wildman–Crippen LogP) is 2.88. The molecule has 0 atom stereocenters. The lowest BCUT2D eigenvalue weighted by atomic mass is 10.1. The van der Waals surface area contributed by atoms with E-state index in [9.17, 15) is 4.79 Å². The van der Waals surface area contributed by atoms with E-state index in [1.807, 2.05) is 61.7 Å². The molecular formula is C21H25N5O. The lowest BCUT2D eigenvalue weighted by Crippen LogP contribution is -2.25. The highest BCUT2D eigenvalue weighted by molar-refractivity contribution is 5.94. The van der Waals surface area contributed by atoms with E-state index in [2.05, 4.69) is 20.7 Å². The van der Waals surface area contributed by atoms with E-state index in [4.69, 9.17) is 0 Å². The van der Waals surface area contributed by atoms with Crippen LogP contribution in [-0.4, -0.2) is 33.8 Å². The van der Waals surface area contributed by atoms with Crippen molar-refractivity contribution in [2.45, 2.75) is 26.3 Å². The zero-order valence-corrected chi connectivity index (χ0v) is 15.6. The van der Waals surface area contributed by atoms with Crippen molar-refractivity contribution in [2.24, 2.45) is 0 Å². The summed E-state index contributed by atoms with van der Waals surface area (Å²) in [6.07, 6.45) is 5.55. The molecule has 1 aromatic carbocycles. The third kappa shape index (κ3) is 5.76. The summed E-state index contributed by atoms with van der Waals surface area (Å²) >= 11 is 0. The Hall–Kier alpha value is -2.99. The van der Waals surface area contributed by atoms with Crippen LogP contribution in [0.5, 0.6) is 0 Å². The summed E-state index contributed by atoms with van der Waals surface area (Å²) in [5, 5.41) is 10.6. The number of amides is 1. The number of nitrogens with one attached hydrogen (secondary N) is 2. The summed E-state index contributed by atoms with van der Waals surface area (Å²) in [6.45, 7) is 4.27. The molecule has 27 heavy (non-hydrogen) atoms. The minimum absolute atomic E-state index is 0.00806. The van der Waals surface area contributed by atoms with Gasteiger partial charge in [0, 0.05) is 31.0 Å². The van der Waals surface area contributed by atoms with Gasteiger partial charge in [-0.15, -0.1) is 0 Å². The van der Waals surface area contributed by atoms with E-state index >= 15 is 0 Å². The number of aromatic nitrogens is 3. The second-order valence-corrected chi connectivity index (χ2v) is 6.45. The lowest BCUT2D eigenvalue weighted by molar-refractivity contribution is 0.0953. The molecule has 0 unspecified atom stereocenters. The summed E-state index contributed by atoms with van der Waals surface area (Å²) in [7, 11) is 0. The van der Waals surface area contributed by atoms with Gasteiger partial charge in [0.15, 0.2) is 5.82 Å². The van der Waals surface area contributed by atoms with Gasteiger partial charge >= 0.3 is 0 Å². The van der Waals surface area contributed by atoms with E-state index in [-0.39, 0.29) is 5.91 Å². The summed E-state index contributed by atoms with van der Waals surface area (Å²) in [5.74, 6) is 0.810. The Bertz CT molecular complexity index is 861. The predicted molar refractivity (Wildman–Crippen MR) is 106 cm³/mol. The molecule has 6 nitrogen and oxygen atoms in total. The number of unbranched alkanes of at least 4 members (excludes halogenated alkanes) is 1. The first-order valence-electron chi connectivity index (χ1n) is 9.24. The lowest BCUT2D eigenvalue weighted by Gasteiger charge is -2.08. The fourth-order valence-corrected chi connectivity index (χ4v) is 2.78. The molecule has 0 fully saturated rings. The van der Waals surface area contributed by atoms with Crippen LogP contribution >= 0.6 is 0 Å². The van der Waals surface area contributed by atoms with Gasteiger partial charge in [0.05, 0.1) is 5.69 Å². The molecule has 2 N–H and O–H groups in total. The molecule has 0 radical (unpaired) electrons. The van der Waals surface area contributed by atoms with E-state index in [1.165, 1.54) is 0 Å². The number of pyridine rings is 1. The van der Waals surface area contributed by atoms with Crippen molar-refractivity contribution >= 4 is 5.91 Å². The summed E-state index contributed by atoms with van der Waals surface area (Å²) in [4.78, 5) is 16.7. The van der Waals surface area contributed by atoms with Gasteiger partial charge in [0.25, 0.3) is 5.91 Å². The van der Waals surface area contributed by atoms with Crippen LogP contribution in [0.4, 0.5) is 0 Å². The number of nitrogens with zero attached hydrogens (tertiary/aromatic N) is 3. The Morgan fingerprint density at radius 2 is 1.93 bits per heavy atom. The van der Waals surface area contributed by atoms with Crippen LogP contribution in [0.25, 0.3) is 5.82 Å². The van der Waals surface area contributed by atoms with Crippen molar-refractivity contribution in [2.75, 3.05) is 13.1 Å². The van der Waals surface area contributed by atoms with Crippen molar-refractivity contribution < 1.29 is 4.79 Å². The normalized spacial score (nSPS) is 10.7. The Morgan fingerprint density at radius 1 is 1.07 bits per heavy atom. The molecule has 1 amide bonds. The van der Waals surface area contributed by atoms with E-state index < -0.39 is 0 Å². The maximum absolute atomic E-state index is 12.1. The monoisotopic (exact) mass is 363 g/mol. The number of hydrogen-bond donors (Lipinski definition) is 2. The quantitative estimate of drug-likeness (QED) is 0.574. The van der Waals surface area contributed by atoms with Gasteiger partial charge < -0.3 is 10.6 Å². The van der Waals surface area contributed by atoms with E-state index in [0.29, 0.717) is 13.1 Å². The van der Waals surface area contributed by atoms with Crippen molar-refractivity contribution in [1.29, 1.82) is 0 Å². The maximum atomic E-state index is 12.1. The standard InChI is InChI=1S/C21H25N5O/c1-17-7-4-8-18(15-17)21(27)23-12-3-2-11-22-16-19-9-5-10-20(25-19)26-14-6-13-24-26/h4-10,13-15,22H,2-3,11-12,16H2,1H3,(H,23,27). The highest BCUT2D eigenvalue weighted by Crippen LogP contribution is 2.05. The van der Waals surface area contributed by atoms with Gasteiger partial charge in [-0.2, -0.15) is 5.10 Å². The molecule has 2 aromatic heterocycles. The van der Waals surface area contributed by atoms with Gasteiger partial charge in [0.2, 0.25) is 0 Å². The maximum Gasteiger partial charge on any atom is 0.251 e. The third-order valence-corrected chi connectivity index (χ3v) is 4.18. The zero-order chi connectivity index (χ0) is 18.9. The SMILES string of the molecule is Cc1cccc(C(=O)NCCCCNCc2cccc(-n3cccn3)n2)c1. The smallest absolute Gasteiger partial charge is 0.251 e. The molecule has 0 spiro atoms. The van der Waals surface area contributed by atoms with E-state index in [1.54, 1.807) is 10.9 Å². The summed E-state index contributed by atoms with van der Waals surface area (Å²) in [6, 6.07) is 15.4. The van der Waals surface area contributed by atoms with Crippen LogP contribution in [0.1, 0.15) is 34.5 Å². The van der Waals surface area contributed by atoms with Crippen molar-refractivity contribution in [3.05, 3.63) is 77.7 Å². The first kappa shape index (κ1) is 18.8. The zero-order valence-electron chi connectivity index (χ0n) is 15.6. The second-order valence-electron chi connectivity index (χ2n) is 6.45. The molecule has 3 rings (SSSR count). The minimum Gasteiger partial charge on any atom is -0.352 e. The van der Waals surface area contributed by atoms with Crippen molar-refractivity contribution in [3.63, 3.8) is 0 Å². The molecule has 0 aliphatic carbocycles. The first-order chi connectivity index (χ1) is 13.2. The molecule has 0 saturated carbocycles. The van der Waals surface area contributed by atoms with Crippen LogP contribution < -0.4 is 10.6 Å². The topological polar surface area (TPSA) is 71.8 Å².